The lowest BCUT2D eigenvalue weighted by molar-refractivity contribution is -0.137. The third-order valence-electron chi connectivity index (χ3n) is 8.57. The monoisotopic (exact) mass is 603 g/mol. The lowest BCUT2D eigenvalue weighted by Crippen LogP contribution is -2.44. The molecule has 2 amide bonds. The molecule has 45 heavy (non-hydrogen) atoms. The molecule has 0 saturated carbocycles. The summed E-state index contributed by atoms with van der Waals surface area (Å²) in [6.45, 7) is 2.39. The van der Waals surface area contributed by atoms with Crippen LogP contribution in [-0.4, -0.2) is 61.0 Å². The van der Waals surface area contributed by atoms with Crippen LogP contribution in [0, 0.1) is 0 Å². The van der Waals surface area contributed by atoms with Crippen molar-refractivity contribution in [2.45, 2.75) is 45.2 Å². The molecule has 5 aromatic rings. The number of nitrogens with one attached hydrogen (secondary N) is 1. The Hall–Kier alpha value is -5.45. The molecule has 7 rings (SSSR count). The Morgan fingerprint density at radius 1 is 0.978 bits per heavy atom. The van der Waals surface area contributed by atoms with Gasteiger partial charge >= 0.3 is 0 Å². The second-order valence-electron chi connectivity index (χ2n) is 11.5. The first-order valence-corrected chi connectivity index (χ1v) is 14.8. The van der Waals surface area contributed by atoms with Crippen molar-refractivity contribution in [1.82, 2.24) is 24.6 Å². The molecule has 2 aliphatic rings. The average Bonchev–Trinajstić information content (AvgIpc) is 3.77. The number of hydrogen-bond donors (Lipinski definition) is 1. The van der Waals surface area contributed by atoms with Crippen LogP contribution in [0.4, 0.5) is 15.9 Å². The van der Waals surface area contributed by atoms with Crippen LogP contribution in [0.15, 0.2) is 85.5 Å². The predicted molar refractivity (Wildman–Crippen MR) is 167 cm³/mol. The number of aromatic nitrogens is 4. The van der Waals surface area contributed by atoms with Gasteiger partial charge in [-0.15, -0.1) is 0 Å². The van der Waals surface area contributed by atoms with Gasteiger partial charge in [-0.3, -0.25) is 14.4 Å². The Morgan fingerprint density at radius 3 is 2.64 bits per heavy atom. The van der Waals surface area contributed by atoms with Crippen LogP contribution in [0.3, 0.4) is 0 Å². The standard InChI is InChI=1S/C34H30FN7O3/c1-21(43)27-18-40(30-9-8-22(13-26(27)30)23-10-12-37-38-15-23)20-33(44)42-17-25(35)14-31(42)34(45)39-29-6-4-5-24-16-41(19-28(24)29)32-7-2-3-11-36-32/h2-13,15,18,25,31H,14,16-17,19-20H2,1H3,(H,39,45)/t25-,31+/m1/s1. The molecule has 0 bridgehead atoms. The van der Waals surface area contributed by atoms with Gasteiger partial charge in [0.15, 0.2) is 5.78 Å². The van der Waals surface area contributed by atoms with E-state index in [2.05, 4.69) is 25.4 Å². The average molecular weight is 604 g/mol. The van der Waals surface area contributed by atoms with Gasteiger partial charge in [-0.1, -0.05) is 24.3 Å². The quantitative estimate of drug-likeness (QED) is 0.266. The van der Waals surface area contributed by atoms with Crippen LogP contribution in [0.5, 0.6) is 0 Å². The zero-order chi connectivity index (χ0) is 31.1. The number of alkyl halides is 1. The van der Waals surface area contributed by atoms with Crippen molar-refractivity contribution in [3.05, 3.63) is 102 Å². The van der Waals surface area contributed by atoms with Crippen LogP contribution in [0.25, 0.3) is 22.0 Å². The number of hydrogen-bond acceptors (Lipinski definition) is 7. The number of Topliss-reactive ketones (excluding diaryl/α,β-unsaturated/α-hetero) is 1. The zero-order valence-electron chi connectivity index (χ0n) is 24.6. The van der Waals surface area contributed by atoms with Crippen LogP contribution in [0.2, 0.25) is 0 Å². The topological polar surface area (TPSA) is 113 Å². The summed E-state index contributed by atoms with van der Waals surface area (Å²) < 4.78 is 16.5. The van der Waals surface area contributed by atoms with Gasteiger partial charge in [0.2, 0.25) is 11.8 Å². The number of amides is 2. The van der Waals surface area contributed by atoms with Crippen molar-refractivity contribution in [2.24, 2.45) is 0 Å². The maximum absolute atomic E-state index is 14.8. The number of ketones is 1. The van der Waals surface area contributed by atoms with Gasteiger partial charge in [0.1, 0.15) is 24.6 Å². The molecule has 1 saturated heterocycles. The molecule has 5 heterocycles. The highest BCUT2D eigenvalue weighted by Crippen LogP contribution is 2.33. The number of halogens is 1. The van der Waals surface area contributed by atoms with Crippen molar-refractivity contribution in [3.8, 4) is 11.1 Å². The van der Waals surface area contributed by atoms with Gasteiger partial charge in [-0.05, 0) is 60.0 Å². The van der Waals surface area contributed by atoms with Gasteiger partial charge in [0, 0.05) is 59.6 Å². The molecule has 0 spiro atoms. The number of likely N-dealkylation sites (tertiary alicyclic amines) is 1. The number of benzene rings is 2. The van der Waals surface area contributed by atoms with E-state index in [9.17, 15) is 18.8 Å². The van der Waals surface area contributed by atoms with Crippen molar-refractivity contribution in [2.75, 3.05) is 16.8 Å². The number of nitrogens with zero attached hydrogens (tertiary/aromatic N) is 6. The summed E-state index contributed by atoms with van der Waals surface area (Å²) >= 11 is 0. The Balaban J connectivity index is 1.11. The van der Waals surface area contributed by atoms with Crippen molar-refractivity contribution in [1.29, 1.82) is 0 Å². The van der Waals surface area contributed by atoms with Crippen molar-refractivity contribution >= 4 is 40.0 Å². The molecular weight excluding hydrogens is 573 g/mol. The van der Waals surface area contributed by atoms with Gasteiger partial charge < -0.3 is 19.7 Å². The highest BCUT2D eigenvalue weighted by atomic mass is 19.1. The summed E-state index contributed by atoms with van der Waals surface area (Å²) in [5.41, 5.74) is 5.56. The minimum Gasteiger partial charge on any atom is -0.348 e. The molecule has 0 radical (unpaired) electrons. The largest absolute Gasteiger partial charge is 0.348 e. The van der Waals surface area contributed by atoms with Gasteiger partial charge in [0.25, 0.3) is 0 Å². The van der Waals surface area contributed by atoms with E-state index in [1.54, 1.807) is 29.4 Å². The lowest BCUT2D eigenvalue weighted by atomic mass is 10.0. The fraction of sp³-hybridized carbons (Fsp3) is 0.235. The van der Waals surface area contributed by atoms with Gasteiger partial charge in [0.05, 0.1) is 18.9 Å². The van der Waals surface area contributed by atoms with Crippen molar-refractivity contribution < 1.29 is 18.8 Å². The fourth-order valence-electron chi connectivity index (χ4n) is 6.35. The Kier molecular flexibility index (Phi) is 7.28. The highest BCUT2D eigenvalue weighted by Gasteiger charge is 2.40. The summed E-state index contributed by atoms with van der Waals surface area (Å²) in [6, 6.07) is 18.0. The van der Waals surface area contributed by atoms with Crippen molar-refractivity contribution in [3.63, 3.8) is 0 Å². The first-order valence-electron chi connectivity index (χ1n) is 14.8. The summed E-state index contributed by atoms with van der Waals surface area (Å²) in [4.78, 5) is 47.7. The number of pyridine rings is 1. The molecule has 2 aliphatic heterocycles. The molecule has 0 aliphatic carbocycles. The molecule has 2 atom stereocenters. The molecule has 11 heteroatoms. The first kappa shape index (κ1) is 28.3. The zero-order valence-corrected chi connectivity index (χ0v) is 24.6. The van der Waals surface area contributed by atoms with E-state index in [0.717, 1.165) is 28.1 Å². The lowest BCUT2D eigenvalue weighted by Gasteiger charge is -2.24. The smallest absolute Gasteiger partial charge is 0.247 e. The minimum atomic E-state index is -1.32. The highest BCUT2D eigenvalue weighted by molar-refractivity contribution is 6.08. The molecule has 1 N–H and O–H groups in total. The Morgan fingerprint density at radius 2 is 1.87 bits per heavy atom. The second-order valence-corrected chi connectivity index (χ2v) is 11.5. The third-order valence-corrected chi connectivity index (χ3v) is 8.57. The molecule has 3 aromatic heterocycles. The summed E-state index contributed by atoms with van der Waals surface area (Å²) in [7, 11) is 0. The van der Waals surface area contributed by atoms with E-state index >= 15 is 0 Å². The molecule has 226 valence electrons. The van der Waals surface area contributed by atoms with E-state index < -0.39 is 24.0 Å². The normalized spacial score (nSPS) is 17.5. The summed E-state index contributed by atoms with van der Waals surface area (Å²) in [6.07, 6.45) is 5.23. The van der Waals surface area contributed by atoms with Crippen LogP contribution < -0.4 is 10.2 Å². The minimum absolute atomic E-state index is 0.0822. The number of carbonyl (C=O) groups is 3. The van der Waals surface area contributed by atoms with Crippen LogP contribution in [0.1, 0.15) is 34.8 Å². The number of rotatable bonds is 7. The van der Waals surface area contributed by atoms with Crippen LogP contribution >= 0.6 is 0 Å². The van der Waals surface area contributed by atoms with E-state index in [-0.39, 0.29) is 25.3 Å². The SMILES string of the molecule is CC(=O)c1cn(CC(=O)N2C[C@H](F)C[C@H]2C(=O)Nc2cccc3c2CN(c2ccccn2)C3)c2ccc(-c3ccnnc3)cc12. The maximum Gasteiger partial charge on any atom is 0.247 e. The third kappa shape index (κ3) is 5.41. The van der Waals surface area contributed by atoms with Gasteiger partial charge in [-0.25, -0.2) is 9.37 Å². The summed E-state index contributed by atoms with van der Waals surface area (Å²) in [5, 5.41) is 11.4. The Labute approximate surface area is 258 Å². The van der Waals surface area contributed by atoms with E-state index in [1.807, 2.05) is 60.7 Å². The second kappa shape index (κ2) is 11.6. The summed E-state index contributed by atoms with van der Waals surface area (Å²) in [5.74, 6) is -0.125. The fourth-order valence-corrected chi connectivity index (χ4v) is 6.35. The first-order chi connectivity index (χ1) is 21.9. The molecule has 10 nitrogen and oxygen atoms in total. The van der Waals surface area contributed by atoms with E-state index in [0.29, 0.717) is 35.2 Å². The number of anilines is 2. The molecular formula is C34H30FN7O3. The van der Waals surface area contributed by atoms with Crippen LogP contribution in [-0.2, 0) is 29.2 Å². The Bertz CT molecular complexity index is 1930. The van der Waals surface area contributed by atoms with Gasteiger partial charge in [-0.2, -0.15) is 10.2 Å². The predicted octanol–water partition coefficient (Wildman–Crippen LogP) is 4.79. The van der Waals surface area contributed by atoms with E-state index in [4.69, 9.17) is 0 Å². The molecule has 0 unspecified atom stereocenters. The molecule has 2 aromatic carbocycles. The number of fused-ring (bicyclic) bond motifs is 2. The number of carbonyl (C=O) groups excluding carboxylic acids is 3. The molecule has 1 fully saturated rings. The maximum atomic E-state index is 14.8. The van der Waals surface area contributed by atoms with E-state index in [1.165, 1.54) is 11.8 Å².